The molecule has 0 bridgehead atoms. The largest absolute Gasteiger partial charge is 0.154 e. The van der Waals surface area contributed by atoms with Gasteiger partial charge < -0.3 is 0 Å². The van der Waals surface area contributed by atoms with Gasteiger partial charge >= 0.3 is 0 Å². The van der Waals surface area contributed by atoms with Crippen LogP contribution in [0.15, 0.2) is 36.4 Å². The van der Waals surface area contributed by atoms with Crippen LogP contribution in [0.2, 0.25) is 0 Å². The Balaban J connectivity index is 2.09. The highest BCUT2D eigenvalue weighted by Crippen LogP contribution is 2.06. The Morgan fingerprint density at radius 2 is 1.68 bits per heavy atom. The fraction of sp³-hybridized carbons (Fsp3) is 0.294. The van der Waals surface area contributed by atoms with Crippen LogP contribution in [0, 0.1) is 11.8 Å². The Bertz CT molecular complexity index is 571. The fourth-order valence-corrected chi connectivity index (χ4v) is 1.79. The normalized spacial score (nSPS) is 9.79. The standard InChI is InChI=1S/C17H18N2/c1-3-5-14-6-8-15(9-7-14)10-11-17-13-12-16(4-2)18-19-17/h6-9,12-13H,3-5H2,1-2H3. The van der Waals surface area contributed by atoms with Gasteiger partial charge in [0.25, 0.3) is 0 Å². The summed E-state index contributed by atoms with van der Waals surface area (Å²) in [4.78, 5) is 0. The first-order chi connectivity index (χ1) is 9.31. The molecule has 2 nitrogen and oxygen atoms in total. The Labute approximate surface area is 114 Å². The molecule has 0 aliphatic heterocycles. The molecule has 0 aliphatic rings. The molecule has 2 aromatic rings. The summed E-state index contributed by atoms with van der Waals surface area (Å²) >= 11 is 0. The van der Waals surface area contributed by atoms with Crippen molar-refractivity contribution in [2.75, 3.05) is 0 Å². The summed E-state index contributed by atoms with van der Waals surface area (Å²) in [6, 6.07) is 12.3. The van der Waals surface area contributed by atoms with Gasteiger partial charge in [0.15, 0.2) is 0 Å². The van der Waals surface area contributed by atoms with Gasteiger partial charge in [-0.15, -0.1) is 5.10 Å². The van der Waals surface area contributed by atoms with Crippen molar-refractivity contribution in [3.05, 3.63) is 58.9 Å². The van der Waals surface area contributed by atoms with Crippen molar-refractivity contribution >= 4 is 0 Å². The smallest absolute Gasteiger partial charge is 0.136 e. The number of hydrogen-bond acceptors (Lipinski definition) is 2. The molecule has 0 radical (unpaired) electrons. The lowest BCUT2D eigenvalue weighted by Gasteiger charge is -1.97. The molecule has 96 valence electrons. The number of nitrogens with zero attached hydrogens (tertiary/aromatic N) is 2. The number of aryl methyl sites for hydroxylation is 2. The van der Waals surface area contributed by atoms with Gasteiger partial charge in [0.2, 0.25) is 0 Å². The van der Waals surface area contributed by atoms with Crippen molar-refractivity contribution < 1.29 is 0 Å². The number of rotatable bonds is 3. The average molecular weight is 250 g/mol. The highest BCUT2D eigenvalue weighted by molar-refractivity contribution is 5.40. The minimum atomic E-state index is 0.717. The molecule has 1 aromatic carbocycles. The van der Waals surface area contributed by atoms with Crippen molar-refractivity contribution in [1.82, 2.24) is 10.2 Å². The van der Waals surface area contributed by atoms with Crippen LogP contribution in [0.25, 0.3) is 0 Å². The maximum atomic E-state index is 4.10. The van der Waals surface area contributed by atoms with Gasteiger partial charge in [0.05, 0.1) is 5.69 Å². The molecule has 19 heavy (non-hydrogen) atoms. The third kappa shape index (κ3) is 3.93. The van der Waals surface area contributed by atoms with Crippen LogP contribution in [0.4, 0.5) is 0 Å². The molecule has 0 fully saturated rings. The lowest BCUT2D eigenvalue weighted by atomic mass is 10.1. The number of aromatic nitrogens is 2. The van der Waals surface area contributed by atoms with E-state index in [1.807, 2.05) is 12.1 Å². The molecule has 0 atom stereocenters. The summed E-state index contributed by atoms with van der Waals surface area (Å²) in [7, 11) is 0. The molecule has 2 heteroatoms. The van der Waals surface area contributed by atoms with Crippen molar-refractivity contribution in [2.24, 2.45) is 0 Å². The third-order valence-corrected chi connectivity index (χ3v) is 2.91. The second-order valence-corrected chi connectivity index (χ2v) is 4.46. The fourth-order valence-electron chi connectivity index (χ4n) is 1.79. The predicted molar refractivity (Wildman–Crippen MR) is 77.8 cm³/mol. The van der Waals surface area contributed by atoms with E-state index in [1.165, 1.54) is 12.0 Å². The molecule has 0 amide bonds. The van der Waals surface area contributed by atoms with Crippen LogP contribution >= 0.6 is 0 Å². The average Bonchev–Trinajstić information content (AvgIpc) is 2.47. The quantitative estimate of drug-likeness (QED) is 0.780. The van der Waals surface area contributed by atoms with Crippen LogP contribution in [-0.4, -0.2) is 10.2 Å². The summed E-state index contributed by atoms with van der Waals surface area (Å²) < 4.78 is 0. The maximum absolute atomic E-state index is 4.10. The zero-order chi connectivity index (χ0) is 13.5. The van der Waals surface area contributed by atoms with Gasteiger partial charge in [-0.05, 0) is 48.6 Å². The van der Waals surface area contributed by atoms with Crippen LogP contribution in [0.5, 0.6) is 0 Å². The van der Waals surface area contributed by atoms with Crippen LogP contribution < -0.4 is 0 Å². The molecule has 0 saturated carbocycles. The molecule has 2 rings (SSSR count). The van der Waals surface area contributed by atoms with Gasteiger partial charge in [-0.3, -0.25) is 0 Å². The molecule has 0 unspecified atom stereocenters. The topological polar surface area (TPSA) is 25.8 Å². The van der Waals surface area contributed by atoms with E-state index >= 15 is 0 Å². The van der Waals surface area contributed by atoms with E-state index in [1.54, 1.807) is 0 Å². The van der Waals surface area contributed by atoms with Gasteiger partial charge in [-0.25, -0.2) is 0 Å². The van der Waals surface area contributed by atoms with E-state index in [9.17, 15) is 0 Å². The van der Waals surface area contributed by atoms with Gasteiger partial charge in [-0.2, -0.15) is 5.10 Å². The highest BCUT2D eigenvalue weighted by Gasteiger charge is 1.93. The van der Waals surface area contributed by atoms with Crippen molar-refractivity contribution in [3.8, 4) is 11.8 Å². The van der Waals surface area contributed by atoms with E-state index in [4.69, 9.17) is 0 Å². The minimum absolute atomic E-state index is 0.717. The van der Waals surface area contributed by atoms with Crippen LogP contribution in [0.3, 0.4) is 0 Å². The summed E-state index contributed by atoms with van der Waals surface area (Å²) in [5, 5.41) is 8.18. The molecule has 0 N–H and O–H groups in total. The summed E-state index contributed by atoms with van der Waals surface area (Å²) in [6.07, 6.45) is 3.20. The molecule has 0 aliphatic carbocycles. The van der Waals surface area contributed by atoms with Crippen LogP contribution in [0.1, 0.15) is 42.8 Å². The summed E-state index contributed by atoms with van der Waals surface area (Å²) in [6.45, 7) is 4.25. The molecular weight excluding hydrogens is 232 g/mol. The van der Waals surface area contributed by atoms with E-state index in [-0.39, 0.29) is 0 Å². The van der Waals surface area contributed by atoms with E-state index in [0.29, 0.717) is 0 Å². The Kier molecular flexibility index (Phi) is 4.69. The Hall–Kier alpha value is -2.14. The first-order valence-corrected chi connectivity index (χ1v) is 6.75. The second-order valence-electron chi connectivity index (χ2n) is 4.46. The third-order valence-electron chi connectivity index (χ3n) is 2.91. The molecule has 1 aromatic heterocycles. The molecule has 1 heterocycles. The summed E-state index contributed by atoms with van der Waals surface area (Å²) in [5.41, 5.74) is 4.09. The lowest BCUT2D eigenvalue weighted by molar-refractivity contribution is 0.910. The Morgan fingerprint density at radius 1 is 0.895 bits per heavy atom. The lowest BCUT2D eigenvalue weighted by Crippen LogP contribution is -1.92. The van der Waals surface area contributed by atoms with E-state index in [2.05, 4.69) is 60.2 Å². The maximum Gasteiger partial charge on any atom is 0.136 e. The van der Waals surface area contributed by atoms with Crippen molar-refractivity contribution in [1.29, 1.82) is 0 Å². The van der Waals surface area contributed by atoms with Crippen molar-refractivity contribution in [2.45, 2.75) is 33.1 Å². The number of hydrogen-bond donors (Lipinski definition) is 0. The predicted octanol–water partition coefficient (Wildman–Crippen LogP) is 3.39. The van der Waals surface area contributed by atoms with Gasteiger partial charge in [0, 0.05) is 5.56 Å². The molecule has 0 spiro atoms. The van der Waals surface area contributed by atoms with E-state index in [0.717, 1.165) is 29.8 Å². The SMILES string of the molecule is CCCc1ccc(C#Cc2ccc(CC)nn2)cc1. The van der Waals surface area contributed by atoms with Crippen LogP contribution in [-0.2, 0) is 12.8 Å². The second kappa shape index (κ2) is 6.70. The number of benzene rings is 1. The van der Waals surface area contributed by atoms with Gasteiger partial charge in [-0.1, -0.05) is 38.3 Å². The zero-order valence-electron chi connectivity index (χ0n) is 11.5. The van der Waals surface area contributed by atoms with E-state index < -0.39 is 0 Å². The van der Waals surface area contributed by atoms with Crippen molar-refractivity contribution in [3.63, 3.8) is 0 Å². The minimum Gasteiger partial charge on any atom is -0.154 e. The first-order valence-electron chi connectivity index (χ1n) is 6.75. The Morgan fingerprint density at radius 3 is 2.26 bits per heavy atom. The highest BCUT2D eigenvalue weighted by atomic mass is 15.1. The molecule has 0 saturated heterocycles. The molecular formula is C17H18N2. The zero-order valence-corrected chi connectivity index (χ0v) is 11.5. The monoisotopic (exact) mass is 250 g/mol. The first kappa shape index (κ1) is 13.3. The summed E-state index contributed by atoms with van der Waals surface area (Å²) in [5.74, 6) is 6.16. The van der Waals surface area contributed by atoms with Gasteiger partial charge in [0.1, 0.15) is 5.69 Å².